The monoisotopic (exact) mass is 189 g/mol. The minimum atomic E-state index is 0.186. The molecule has 74 valence electrons. The van der Waals surface area contributed by atoms with Gasteiger partial charge in [0.25, 0.3) is 0 Å². The van der Waals surface area contributed by atoms with Gasteiger partial charge in [-0.1, -0.05) is 37.3 Å². The van der Waals surface area contributed by atoms with Crippen molar-refractivity contribution >= 4 is 5.91 Å². The lowest BCUT2D eigenvalue weighted by molar-refractivity contribution is -0.119. The maximum Gasteiger partial charge on any atom is 0.220 e. The van der Waals surface area contributed by atoms with Gasteiger partial charge < -0.3 is 5.32 Å². The number of amides is 1. The molecule has 1 saturated heterocycles. The zero-order valence-corrected chi connectivity index (χ0v) is 8.36. The predicted octanol–water partition coefficient (Wildman–Crippen LogP) is 2.07. The van der Waals surface area contributed by atoms with Crippen LogP contribution in [0.25, 0.3) is 0 Å². The van der Waals surface area contributed by atoms with E-state index in [-0.39, 0.29) is 5.91 Å². The zero-order chi connectivity index (χ0) is 9.97. The standard InChI is InChI=1S/C12H15NO/c1-2-11-10(8-12(14)13-11)9-6-4-3-5-7-9/h3-7,10-11H,2,8H2,1H3,(H,13,14)/t10-,11+/m0/s1. The molecule has 2 rings (SSSR count). The Bertz CT molecular complexity index is 320. The summed E-state index contributed by atoms with van der Waals surface area (Å²) in [5, 5.41) is 3.01. The molecule has 0 saturated carbocycles. The first-order chi connectivity index (χ1) is 6.81. The van der Waals surface area contributed by atoms with E-state index in [0.29, 0.717) is 18.4 Å². The van der Waals surface area contributed by atoms with Crippen molar-refractivity contribution in [3.63, 3.8) is 0 Å². The molecule has 2 heteroatoms. The lowest BCUT2D eigenvalue weighted by Crippen LogP contribution is -2.27. The number of benzene rings is 1. The van der Waals surface area contributed by atoms with Crippen molar-refractivity contribution in [2.24, 2.45) is 0 Å². The zero-order valence-electron chi connectivity index (χ0n) is 8.36. The van der Waals surface area contributed by atoms with Crippen molar-refractivity contribution in [3.8, 4) is 0 Å². The highest BCUT2D eigenvalue weighted by atomic mass is 16.1. The number of hydrogen-bond donors (Lipinski definition) is 1. The van der Waals surface area contributed by atoms with Crippen LogP contribution < -0.4 is 5.32 Å². The van der Waals surface area contributed by atoms with Gasteiger partial charge in [0.05, 0.1) is 0 Å². The molecule has 1 heterocycles. The van der Waals surface area contributed by atoms with Crippen LogP contribution in [-0.4, -0.2) is 11.9 Å². The van der Waals surface area contributed by atoms with E-state index in [1.165, 1.54) is 5.56 Å². The van der Waals surface area contributed by atoms with E-state index in [0.717, 1.165) is 6.42 Å². The highest BCUT2D eigenvalue weighted by Gasteiger charge is 2.31. The summed E-state index contributed by atoms with van der Waals surface area (Å²) in [7, 11) is 0. The van der Waals surface area contributed by atoms with E-state index in [1.54, 1.807) is 0 Å². The third-order valence-corrected chi connectivity index (χ3v) is 2.90. The van der Waals surface area contributed by atoms with Crippen molar-refractivity contribution in [1.29, 1.82) is 0 Å². The average molecular weight is 189 g/mol. The van der Waals surface area contributed by atoms with Crippen LogP contribution in [0.15, 0.2) is 30.3 Å². The van der Waals surface area contributed by atoms with Crippen molar-refractivity contribution in [1.82, 2.24) is 5.32 Å². The molecule has 0 aromatic heterocycles. The van der Waals surface area contributed by atoms with Crippen molar-refractivity contribution < 1.29 is 4.79 Å². The average Bonchev–Trinajstić information content (AvgIpc) is 2.61. The molecule has 0 aliphatic carbocycles. The Morgan fingerprint density at radius 3 is 2.71 bits per heavy atom. The molecule has 0 bridgehead atoms. The normalized spacial score (nSPS) is 26.2. The Morgan fingerprint density at radius 1 is 1.36 bits per heavy atom. The molecule has 1 aliphatic heterocycles. The largest absolute Gasteiger partial charge is 0.353 e. The second-order valence-electron chi connectivity index (χ2n) is 3.80. The number of hydrogen-bond acceptors (Lipinski definition) is 1. The number of carbonyl (C=O) groups is 1. The number of carbonyl (C=O) groups excluding carboxylic acids is 1. The van der Waals surface area contributed by atoms with Gasteiger partial charge in [-0.05, 0) is 12.0 Å². The molecule has 0 unspecified atom stereocenters. The molecule has 1 amide bonds. The van der Waals surface area contributed by atoms with Gasteiger partial charge in [-0.2, -0.15) is 0 Å². The third-order valence-electron chi connectivity index (χ3n) is 2.90. The quantitative estimate of drug-likeness (QED) is 0.758. The smallest absolute Gasteiger partial charge is 0.220 e. The Balaban J connectivity index is 2.22. The topological polar surface area (TPSA) is 29.1 Å². The van der Waals surface area contributed by atoms with Crippen molar-refractivity contribution in [2.75, 3.05) is 0 Å². The van der Waals surface area contributed by atoms with Gasteiger partial charge in [0.2, 0.25) is 5.91 Å². The lowest BCUT2D eigenvalue weighted by atomic mass is 9.91. The summed E-state index contributed by atoms with van der Waals surface area (Å²) in [5.41, 5.74) is 1.28. The first-order valence-corrected chi connectivity index (χ1v) is 5.15. The predicted molar refractivity (Wildman–Crippen MR) is 56.0 cm³/mol. The highest BCUT2D eigenvalue weighted by molar-refractivity contribution is 5.80. The summed E-state index contributed by atoms with van der Waals surface area (Å²) in [6.45, 7) is 2.12. The molecule has 2 atom stereocenters. The van der Waals surface area contributed by atoms with Gasteiger partial charge >= 0.3 is 0 Å². The van der Waals surface area contributed by atoms with Crippen LogP contribution >= 0.6 is 0 Å². The minimum absolute atomic E-state index is 0.186. The molecule has 1 aromatic rings. The molecule has 0 spiro atoms. The molecule has 1 fully saturated rings. The molecule has 14 heavy (non-hydrogen) atoms. The lowest BCUT2D eigenvalue weighted by Gasteiger charge is -2.16. The molecule has 1 aromatic carbocycles. The summed E-state index contributed by atoms with van der Waals surface area (Å²) in [6, 6.07) is 10.6. The van der Waals surface area contributed by atoms with E-state index < -0.39 is 0 Å². The van der Waals surface area contributed by atoms with E-state index in [9.17, 15) is 4.79 Å². The van der Waals surface area contributed by atoms with Gasteiger partial charge in [0, 0.05) is 18.4 Å². The van der Waals surface area contributed by atoms with Crippen LogP contribution in [0.4, 0.5) is 0 Å². The van der Waals surface area contributed by atoms with Gasteiger partial charge in [-0.15, -0.1) is 0 Å². The van der Waals surface area contributed by atoms with Crippen molar-refractivity contribution in [2.45, 2.75) is 31.7 Å². The molecule has 2 nitrogen and oxygen atoms in total. The van der Waals surface area contributed by atoms with Crippen LogP contribution in [0.1, 0.15) is 31.2 Å². The van der Waals surface area contributed by atoms with E-state index in [4.69, 9.17) is 0 Å². The fraction of sp³-hybridized carbons (Fsp3) is 0.417. The molecule has 1 N–H and O–H groups in total. The van der Waals surface area contributed by atoms with Gasteiger partial charge in [-0.3, -0.25) is 4.79 Å². The minimum Gasteiger partial charge on any atom is -0.353 e. The van der Waals surface area contributed by atoms with Gasteiger partial charge in [0.15, 0.2) is 0 Å². The van der Waals surface area contributed by atoms with Crippen LogP contribution in [0.5, 0.6) is 0 Å². The maximum atomic E-state index is 11.3. The number of rotatable bonds is 2. The van der Waals surface area contributed by atoms with Gasteiger partial charge in [0.1, 0.15) is 0 Å². The first kappa shape index (κ1) is 9.25. The SMILES string of the molecule is CC[C@H]1NC(=O)C[C@H]1c1ccccc1. The van der Waals surface area contributed by atoms with Crippen LogP contribution in [0.2, 0.25) is 0 Å². The van der Waals surface area contributed by atoms with E-state index in [1.807, 2.05) is 18.2 Å². The summed E-state index contributed by atoms with van der Waals surface area (Å²) >= 11 is 0. The molecular formula is C12H15NO. The second kappa shape index (κ2) is 3.82. The molecule has 1 aliphatic rings. The summed E-state index contributed by atoms with van der Waals surface area (Å²) in [5.74, 6) is 0.555. The van der Waals surface area contributed by atoms with Crippen molar-refractivity contribution in [3.05, 3.63) is 35.9 Å². The summed E-state index contributed by atoms with van der Waals surface area (Å²) in [4.78, 5) is 11.3. The first-order valence-electron chi connectivity index (χ1n) is 5.15. The summed E-state index contributed by atoms with van der Waals surface area (Å²) < 4.78 is 0. The molecule has 0 radical (unpaired) electrons. The second-order valence-corrected chi connectivity index (χ2v) is 3.80. The fourth-order valence-electron chi connectivity index (χ4n) is 2.15. The van der Waals surface area contributed by atoms with E-state index >= 15 is 0 Å². The Kier molecular flexibility index (Phi) is 2.53. The molecular weight excluding hydrogens is 174 g/mol. The Hall–Kier alpha value is -1.31. The van der Waals surface area contributed by atoms with Gasteiger partial charge in [-0.25, -0.2) is 0 Å². The van der Waals surface area contributed by atoms with Crippen LogP contribution in [-0.2, 0) is 4.79 Å². The Labute approximate surface area is 84.3 Å². The Morgan fingerprint density at radius 2 is 2.07 bits per heavy atom. The third kappa shape index (κ3) is 1.65. The maximum absolute atomic E-state index is 11.3. The fourth-order valence-corrected chi connectivity index (χ4v) is 2.15. The van der Waals surface area contributed by atoms with Crippen LogP contribution in [0.3, 0.4) is 0 Å². The van der Waals surface area contributed by atoms with Crippen LogP contribution in [0, 0.1) is 0 Å². The van der Waals surface area contributed by atoms with E-state index in [2.05, 4.69) is 24.4 Å². The number of nitrogens with one attached hydrogen (secondary N) is 1. The highest BCUT2D eigenvalue weighted by Crippen LogP contribution is 2.29. The summed E-state index contributed by atoms with van der Waals surface area (Å²) in [6.07, 6.45) is 1.65.